The summed E-state index contributed by atoms with van der Waals surface area (Å²) >= 11 is 0. The number of nitrogens with zero attached hydrogens (tertiary/aromatic N) is 2. The summed E-state index contributed by atoms with van der Waals surface area (Å²) in [5.41, 5.74) is 4.57. The van der Waals surface area contributed by atoms with Crippen molar-refractivity contribution in [2.24, 2.45) is 0 Å². The molecule has 0 aliphatic carbocycles. The van der Waals surface area contributed by atoms with Gasteiger partial charge in [-0.3, -0.25) is 9.97 Å². The highest BCUT2D eigenvalue weighted by Gasteiger charge is 2.07. The van der Waals surface area contributed by atoms with E-state index in [9.17, 15) is 0 Å². The minimum absolute atomic E-state index is 0.495. The largest absolute Gasteiger partial charge is 0.253 e. The Morgan fingerprint density at radius 2 is 1.79 bits per heavy atom. The van der Waals surface area contributed by atoms with Gasteiger partial charge in [0, 0.05) is 12.4 Å². The van der Waals surface area contributed by atoms with Gasteiger partial charge in [-0.05, 0) is 30.0 Å². The van der Waals surface area contributed by atoms with E-state index in [0.717, 1.165) is 11.0 Å². The zero-order valence-electron chi connectivity index (χ0n) is 8.78. The number of aromatic nitrogens is 2. The van der Waals surface area contributed by atoms with Gasteiger partial charge < -0.3 is 0 Å². The van der Waals surface area contributed by atoms with Crippen LogP contribution in [0.1, 0.15) is 30.9 Å². The Morgan fingerprint density at radius 1 is 1.07 bits per heavy atom. The lowest BCUT2D eigenvalue weighted by Gasteiger charge is -2.09. The van der Waals surface area contributed by atoms with Gasteiger partial charge in [0.2, 0.25) is 0 Å². The van der Waals surface area contributed by atoms with E-state index in [1.807, 2.05) is 0 Å². The molecule has 1 aromatic carbocycles. The Balaban J connectivity index is 2.80. The fourth-order valence-corrected chi connectivity index (χ4v) is 1.69. The van der Waals surface area contributed by atoms with Gasteiger partial charge in [0.1, 0.15) is 0 Å². The molecule has 0 spiro atoms. The lowest BCUT2D eigenvalue weighted by Crippen LogP contribution is -1.94. The van der Waals surface area contributed by atoms with E-state index >= 15 is 0 Å². The molecule has 0 aliphatic rings. The first-order chi connectivity index (χ1) is 6.68. The highest BCUT2D eigenvalue weighted by Crippen LogP contribution is 2.23. The predicted octanol–water partition coefficient (Wildman–Crippen LogP) is 3.06. The van der Waals surface area contributed by atoms with Gasteiger partial charge in [-0.15, -0.1) is 0 Å². The van der Waals surface area contributed by atoms with Crippen LogP contribution in [-0.4, -0.2) is 9.97 Å². The fraction of sp³-hybridized carbons (Fsp3) is 0.333. The van der Waals surface area contributed by atoms with E-state index in [1.54, 1.807) is 12.4 Å². The standard InChI is InChI=1S/C12H14N2/c1-8(2)10-6-9(3)7-11-12(10)14-5-4-13-11/h4-8H,1-3H3. The first-order valence-electron chi connectivity index (χ1n) is 4.90. The van der Waals surface area contributed by atoms with Crippen molar-refractivity contribution >= 4 is 11.0 Å². The van der Waals surface area contributed by atoms with Gasteiger partial charge in [0.15, 0.2) is 0 Å². The summed E-state index contributed by atoms with van der Waals surface area (Å²) in [6.07, 6.45) is 3.50. The van der Waals surface area contributed by atoms with Crippen LogP contribution in [0.4, 0.5) is 0 Å². The normalized spacial score (nSPS) is 11.1. The van der Waals surface area contributed by atoms with Crippen LogP contribution in [0.15, 0.2) is 24.5 Å². The second kappa shape index (κ2) is 3.37. The lowest BCUT2D eigenvalue weighted by atomic mass is 9.99. The predicted molar refractivity (Wildman–Crippen MR) is 58.4 cm³/mol. The molecule has 0 fully saturated rings. The first-order valence-corrected chi connectivity index (χ1v) is 4.90. The van der Waals surface area contributed by atoms with Gasteiger partial charge in [-0.1, -0.05) is 19.9 Å². The molecule has 0 amide bonds. The minimum atomic E-state index is 0.495. The molecule has 0 aliphatic heterocycles. The van der Waals surface area contributed by atoms with Crippen LogP contribution in [0.25, 0.3) is 11.0 Å². The summed E-state index contributed by atoms with van der Waals surface area (Å²) in [7, 11) is 0. The van der Waals surface area contributed by atoms with E-state index in [4.69, 9.17) is 0 Å². The van der Waals surface area contributed by atoms with E-state index < -0.39 is 0 Å². The molecule has 1 heterocycles. The van der Waals surface area contributed by atoms with Crippen LogP contribution in [0.5, 0.6) is 0 Å². The second-order valence-corrected chi connectivity index (χ2v) is 3.93. The highest BCUT2D eigenvalue weighted by molar-refractivity contribution is 5.79. The van der Waals surface area contributed by atoms with Crippen molar-refractivity contribution in [1.82, 2.24) is 9.97 Å². The molecular formula is C12H14N2. The molecule has 2 nitrogen and oxygen atoms in total. The maximum atomic E-state index is 4.38. The van der Waals surface area contributed by atoms with Gasteiger partial charge in [-0.2, -0.15) is 0 Å². The van der Waals surface area contributed by atoms with Crippen LogP contribution in [0.3, 0.4) is 0 Å². The SMILES string of the molecule is Cc1cc(C(C)C)c2nccnc2c1. The fourth-order valence-electron chi connectivity index (χ4n) is 1.69. The van der Waals surface area contributed by atoms with E-state index in [-0.39, 0.29) is 0 Å². The number of hydrogen-bond donors (Lipinski definition) is 0. The van der Waals surface area contributed by atoms with Crippen LogP contribution >= 0.6 is 0 Å². The average Bonchev–Trinajstić information content (AvgIpc) is 2.16. The van der Waals surface area contributed by atoms with Gasteiger partial charge in [-0.25, -0.2) is 0 Å². The molecule has 2 heteroatoms. The molecule has 0 saturated heterocycles. The quantitative estimate of drug-likeness (QED) is 0.684. The van der Waals surface area contributed by atoms with Crippen LogP contribution < -0.4 is 0 Å². The summed E-state index contributed by atoms with van der Waals surface area (Å²) < 4.78 is 0. The summed E-state index contributed by atoms with van der Waals surface area (Å²) in [5.74, 6) is 0.495. The van der Waals surface area contributed by atoms with Crippen LogP contribution in [0.2, 0.25) is 0 Å². The van der Waals surface area contributed by atoms with Crippen molar-refractivity contribution in [3.63, 3.8) is 0 Å². The molecule has 0 radical (unpaired) electrons. The zero-order valence-corrected chi connectivity index (χ0v) is 8.78. The molecule has 0 bridgehead atoms. The van der Waals surface area contributed by atoms with Gasteiger partial charge >= 0.3 is 0 Å². The number of rotatable bonds is 1. The van der Waals surface area contributed by atoms with Crippen molar-refractivity contribution in [1.29, 1.82) is 0 Å². The van der Waals surface area contributed by atoms with Crippen molar-refractivity contribution < 1.29 is 0 Å². The van der Waals surface area contributed by atoms with E-state index in [2.05, 4.69) is 42.9 Å². The van der Waals surface area contributed by atoms with Crippen molar-refractivity contribution in [2.45, 2.75) is 26.7 Å². The Bertz CT molecular complexity index is 461. The zero-order chi connectivity index (χ0) is 10.1. The summed E-state index contributed by atoms with van der Waals surface area (Å²) in [6, 6.07) is 4.27. The van der Waals surface area contributed by atoms with Crippen molar-refractivity contribution in [3.8, 4) is 0 Å². The Kier molecular flexibility index (Phi) is 2.20. The number of benzene rings is 1. The molecular weight excluding hydrogens is 172 g/mol. The van der Waals surface area contributed by atoms with Crippen molar-refractivity contribution in [2.75, 3.05) is 0 Å². The molecule has 2 aromatic rings. The number of fused-ring (bicyclic) bond motifs is 1. The van der Waals surface area contributed by atoms with Crippen LogP contribution in [-0.2, 0) is 0 Å². The first kappa shape index (κ1) is 9.13. The third-order valence-electron chi connectivity index (χ3n) is 2.37. The monoisotopic (exact) mass is 186 g/mol. The van der Waals surface area contributed by atoms with E-state index in [1.165, 1.54) is 11.1 Å². The molecule has 1 aromatic heterocycles. The Labute approximate surface area is 84.0 Å². The lowest BCUT2D eigenvalue weighted by molar-refractivity contribution is 0.870. The Hall–Kier alpha value is -1.44. The maximum absolute atomic E-state index is 4.38. The number of aryl methyl sites for hydroxylation is 1. The van der Waals surface area contributed by atoms with Gasteiger partial charge in [0.05, 0.1) is 11.0 Å². The highest BCUT2D eigenvalue weighted by atomic mass is 14.8. The third kappa shape index (κ3) is 1.48. The smallest absolute Gasteiger partial charge is 0.0921 e. The molecule has 2 rings (SSSR count). The summed E-state index contributed by atoms with van der Waals surface area (Å²) in [6.45, 7) is 6.46. The molecule has 0 unspecified atom stereocenters. The van der Waals surface area contributed by atoms with Gasteiger partial charge in [0.25, 0.3) is 0 Å². The van der Waals surface area contributed by atoms with Crippen molar-refractivity contribution in [3.05, 3.63) is 35.7 Å². The molecule has 0 saturated carbocycles. The molecule has 0 atom stereocenters. The molecule has 14 heavy (non-hydrogen) atoms. The third-order valence-corrected chi connectivity index (χ3v) is 2.37. The summed E-state index contributed by atoms with van der Waals surface area (Å²) in [4.78, 5) is 8.70. The maximum Gasteiger partial charge on any atom is 0.0921 e. The molecule has 72 valence electrons. The van der Waals surface area contributed by atoms with Crippen LogP contribution in [0, 0.1) is 6.92 Å². The van der Waals surface area contributed by atoms with E-state index in [0.29, 0.717) is 5.92 Å². The average molecular weight is 186 g/mol. The second-order valence-electron chi connectivity index (χ2n) is 3.93. The Morgan fingerprint density at radius 3 is 2.50 bits per heavy atom. The minimum Gasteiger partial charge on any atom is -0.253 e. The summed E-state index contributed by atoms with van der Waals surface area (Å²) in [5, 5.41) is 0. The number of hydrogen-bond acceptors (Lipinski definition) is 2. The molecule has 0 N–H and O–H groups in total. The topological polar surface area (TPSA) is 25.8 Å².